The molecule has 6 heteroatoms. The second-order valence-corrected chi connectivity index (χ2v) is 7.17. The summed E-state index contributed by atoms with van der Waals surface area (Å²) in [7, 11) is 0. The lowest BCUT2D eigenvalue weighted by Crippen LogP contribution is -2.30. The average molecular weight is 372 g/mol. The number of carbonyl (C=O) groups excluding carboxylic acids is 2. The molecule has 0 spiro atoms. The summed E-state index contributed by atoms with van der Waals surface area (Å²) in [6.45, 7) is 0.0781. The molecule has 1 fully saturated rings. The molecule has 0 saturated carbocycles. The van der Waals surface area contributed by atoms with Gasteiger partial charge in [-0.05, 0) is 34.4 Å². The van der Waals surface area contributed by atoms with Gasteiger partial charge in [0.15, 0.2) is 0 Å². The number of pyridine rings is 1. The van der Waals surface area contributed by atoms with Gasteiger partial charge in [-0.25, -0.2) is 0 Å². The Balaban J connectivity index is 1.49. The van der Waals surface area contributed by atoms with Crippen LogP contribution in [0.5, 0.6) is 0 Å². The molecule has 140 valence electrons. The van der Waals surface area contributed by atoms with Crippen LogP contribution in [0.25, 0.3) is 10.8 Å². The summed E-state index contributed by atoms with van der Waals surface area (Å²) >= 11 is 0. The molecular formula is C22H21BN2O3. The van der Waals surface area contributed by atoms with Gasteiger partial charge in [0.05, 0.1) is 5.92 Å². The zero-order valence-corrected chi connectivity index (χ0v) is 15.5. The van der Waals surface area contributed by atoms with Gasteiger partial charge in [0, 0.05) is 37.2 Å². The predicted molar refractivity (Wildman–Crippen MR) is 110 cm³/mol. The zero-order chi connectivity index (χ0) is 19.5. The lowest BCUT2D eigenvalue weighted by Gasteiger charge is -2.15. The molecule has 2 N–H and O–H groups in total. The van der Waals surface area contributed by atoms with Crippen LogP contribution >= 0.6 is 0 Å². The monoisotopic (exact) mass is 372 g/mol. The summed E-state index contributed by atoms with van der Waals surface area (Å²) in [5, 5.41) is 2.12. The molecule has 0 amide bonds. The fourth-order valence-electron chi connectivity index (χ4n) is 3.72. The Morgan fingerprint density at radius 1 is 1.14 bits per heavy atom. The maximum atomic E-state index is 12.9. The highest BCUT2D eigenvalue weighted by molar-refractivity contribution is 6.70. The molecular weight excluding hydrogens is 351 g/mol. The van der Waals surface area contributed by atoms with Crippen molar-refractivity contribution in [2.75, 3.05) is 6.54 Å². The summed E-state index contributed by atoms with van der Waals surface area (Å²) < 4.78 is 5.30. The molecule has 1 atom stereocenters. The number of fused-ring (bicyclic) bond motifs is 1. The van der Waals surface area contributed by atoms with Gasteiger partial charge in [-0.1, -0.05) is 42.5 Å². The van der Waals surface area contributed by atoms with Crippen molar-refractivity contribution >= 4 is 34.9 Å². The van der Waals surface area contributed by atoms with Crippen LogP contribution in [0, 0.1) is 0 Å². The van der Waals surface area contributed by atoms with Crippen LogP contribution < -0.4 is 11.2 Å². The predicted octanol–water partition coefficient (Wildman–Crippen LogP) is 2.23. The third kappa shape index (κ3) is 3.82. The molecule has 1 aromatic heterocycles. The van der Waals surface area contributed by atoms with E-state index < -0.39 is 0 Å². The van der Waals surface area contributed by atoms with Crippen molar-refractivity contribution in [3.8, 4) is 0 Å². The van der Waals surface area contributed by atoms with E-state index in [1.165, 1.54) is 0 Å². The summed E-state index contributed by atoms with van der Waals surface area (Å²) in [6.07, 6.45) is 5.06. The molecule has 4 rings (SSSR count). The summed E-state index contributed by atoms with van der Waals surface area (Å²) in [5.41, 5.74) is 8.75. The SMILES string of the molecule is NC[C@@H](C(=O)Cc1ccc2cnccc2c1)c1ccc(B2CCC(=O)O2)cc1. The van der Waals surface area contributed by atoms with E-state index in [2.05, 4.69) is 4.98 Å². The number of hydrogen-bond donors (Lipinski definition) is 1. The van der Waals surface area contributed by atoms with Crippen molar-refractivity contribution in [1.29, 1.82) is 0 Å². The molecule has 3 aromatic rings. The number of rotatable bonds is 6. The maximum absolute atomic E-state index is 12.9. The Hall–Kier alpha value is -2.99. The Morgan fingerprint density at radius 3 is 2.68 bits per heavy atom. The molecule has 1 aliphatic heterocycles. The minimum atomic E-state index is -0.353. The van der Waals surface area contributed by atoms with Crippen LogP contribution in [0.15, 0.2) is 60.9 Å². The Labute approximate surface area is 164 Å². The summed E-state index contributed by atoms with van der Waals surface area (Å²) in [5.74, 6) is -0.417. The minimum absolute atomic E-state index is 0.0935. The van der Waals surface area contributed by atoms with Crippen LogP contribution in [0.3, 0.4) is 0 Å². The van der Waals surface area contributed by atoms with E-state index in [-0.39, 0.29) is 31.1 Å². The molecule has 0 unspecified atom stereocenters. The van der Waals surface area contributed by atoms with E-state index in [9.17, 15) is 9.59 Å². The topological polar surface area (TPSA) is 82.3 Å². The Bertz CT molecular complexity index is 1020. The second-order valence-electron chi connectivity index (χ2n) is 7.17. The fraction of sp³-hybridized carbons (Fsp3) is 0.227. The fourth-order valence-corrected chi connectivity index (χ4v) is 3.72. The standard InChI is InChI=1S/C22H21BN2O3/c24-13-20(16-3-5-19(6-4-16)23-9-7-22(27)28-23)21(26)12-15-1-2-18-14-25-10-8-17(18)11-15/h1-6,8,10-11,14,20H,7,9,12-13,24H2/t20-/m1/s1. The molecule has 0 bridgehead atoms. The van der Waals surface area contributed by atoms with Gasteiger partial charge in [0.2, 0.25) is 0 Å². The first-order valence-corrected chi connectivity index (χ1v) is 9.49. The number of nitrogens with zero attached hydrogens (tertiary/aromatic N) is 1. The first-order chi connectivity index (χ1) is 13.6. The minimum Gasteiger partial charge on any atom is -0.531 e. The van der Waals surface area contributed by atoms with Crippen molar-refractivity contribution in [1.82, 2.24) is 4.98 Å². The summed E-state index contributed by atoms with van der Waals surface area (Å²) in [6, 6.07) is 15.6. The molecule has 1 aliphatic rings. The number of ketones is 1. The molecule has 1 saturated heterocycles. The smallest absolute Gasteiger partial charge is 0.395 e. The Morgan fingerprint density at radius 2 is 1.96 bits per heavy atom. The summed E-state index contributed by atoms with van der Waals surface area (Å²) in [4.78, 5) is 28.3. The molecule has 0 aliphatic carbocycles. The van der Waals surface area contributed by atoms with E-state index in [1.54, 1.807) is 6.20 Å². The first-order valence-electron chi connectivity index (χ1n) is 9.49. The highest BCUT2D eigenvalue weighted by Gasteiger charge is 2.30. The maximum Gasteiger partial charge on any atom is 0.395 e. The molecule has 5 nitrogen and oxygen atoms in total. The number of nitrogens with two attached hydrogens (primary N) is 1. The molecule has 0 radical (unpaired) electrons. The average Bonchev–Trinajstić information content (AvgIpc) is 3.15. The van der Waals surface area contributed by atoms with Gasteiger partial charge < -0.3 is 10.4 Å². The van der Waals surface area contributed by atoms with Crippen molar-refractivity contribution < 1.29 is 14.2 Å². The third-order valence-electron chi connectivity index (χ3n) is 5.30. The lowest BCUT2D eigenvalue weighted by molar-refractivity contribution is -0.132. The number of Topliss-reactive ketones (excluding diaryl/α,β-unsaturated/α-hetero) is 1. The van der Waals surface area contributed by atoms with E-state index >= 15 is 0 Å². The van der Waals surface area contributed by atoms with Crippen molar-refractivity contribution in [3.63, 3.8) is 0 Å². The highest BCUT2D eigenvalue weighted by atomic mass is 16.5. The van der Waals surface area contributed by atoms with Gasteiger partial charge in [0.25, 0.3) is 5.97 Å². The van der Waals surface area contributed by atoms with Gasteiger partial charge >= 0.3 is 6.92 Å². The van der Waals surface area contributed by atoms with Gasteiger partial charge in [-0.15, -0.1) is 0 Å². The quantitative estimate of drug-likeness (QED) is 0.671. The van der Waals surface area contributed by atoms with E-state index in [4.69, 9.17) is 10.4 Å². The second kappa shape index (κ2) is 7.94. The number of carbonyl (C=O) groups is 2. The number of benzene rings is 2. The van der Waals surface area contributed by atoms with E-state index in [0.29, 0.717) is 19.2 Å². The third-order valence-corrected chi connectivity index (χ3v) is 5.30. The van der Waals surface area contributed by atoms with Crippen LogP contribution in [0.4, 0.5) is 0 Å². The zero-order valence-electron chi connectivity index (χ0n) is 15.5. The van der Waals surface area contributed by atoms with Gasteiger partial charge in [-0.3, -0.25) is 14.6 Å². The van der Waals surface area contributed by atoms with Gasteiger partial charge in [0.1, 0.15) is 5.78 Å². The largest absolute Gasteiger partial charge is 0.531 e. The number of aromatic nitrogens is 1. The normalized spacial score (nSPS) is 14.9. The van der Waals surface area contributed by atoms with Crippen LogP contribution in [0.1, 0.15) is 23.5 Å². The van der Waals surface area contributed by atoms with Crippen molar-refractivity contribution in [2.24, 2.45) is 5.73 Å². The lowest BCUT2D eigenvalue weighted by atomic mass is 9.59. The van der Waals surface area contributed by atoms with Crippen LogP contribution in [-0.4, -0.2) is 30.2 Å². The highest BCUT2D eigenvalue weighted by Crippen LogP contribution is 2.21. The van der Waals surface area contributed by atoms with Crippen molar-refractivity contribution in [3.05, 3.63) is 72.1 Å². The van der Waals surface area contributed by atoms with E-state index in [1.807, 2.05) is 54.7 Å². The number of hydrogen-bond acceptors (Lipinski definition) is 5. The Kier molecular flexibility index (Phi) is 5.22. The van der Waals surface area contributed by atoms with Crippen LogP contribution in [0.2, 0.25) is 6.32 Å². The van der Waals surface area contributed by atoms with Crippen molar-refractivity contribution in [2.45, 2.75) is 25.1 Å². The first kappa shape index (κ1) is 18.4. The molecule has 2 aromatic carbocycles. The van der Waals surface area contributed by atoms with E-state index in [0.717, 1.165) is 27.4 Å². The van der Waals surface area contributed by atoms with Crippen LogP contribution in [-0.2, 0) is 20.7 Å². The molecule has 2 heterocycles. The molecule has 28 heavy (non-hydrogen) atoms. The van der Waals surface area contributed by atoms with Gasteiger partial charge in [-0.2, -0.15) is 0 Å².